The van der Waals surface area contributed by atoms with Gasteiger partial charge in [0, 0.05) is 5.69 Å². The number of thioether (sulfide) groups is 1. The van der Waals surface area contributed by atoms with Gasteiger partial charge in [-0.05, 0) is 25.0 Å². The van der Waals surface area contributed by atoms with Crippen molar-refractivity contribution in [1.82, 2.24) is 15.5 Å². The smallest absolute Gasteiger partial charge is 0.231 e. The molecule has 1 aromatic heterocycles. The highest BCUT2D eigenvalue weighted by molar-refractivity contribution is 8.01. The molecular weight excluding hydrogens is 342 g/mol. The lowest BCUT2D eigenvalue weighted by atomic mass is 9.90. The van der Waals surface area contributed by atoms with Crippen molar-refractivity contribution in [3.05, 3.63) is 30.3 Å². The lowest BCUT2D eigenvalue weighted by Crippen LogP contribution is -2.49. The maximum atomic E-state index is 12.1. The zero-order valence-electron chi connectivity index (χ0n) is 13.7. The van der Waals surface area contributed by atoms with E-state index in [0.717, 1.165) is 5.69 Å². The minimum Gasteiger partial charge on any atom is -0.337 e. The van der Waals surface area contributed by atoms with Gasteiger partial charge in [0.05, 0.1) is 11.8 Å². The van der Waals surface area contributed by atoms with Crippen LogP contribution in [0.4, 0.5) is 10.8 Å². The second-order valence-corrected chi connectivity index (χ2v) is 7.87. The Hall–Kier alpha value is -2.11. The molecule has 0 radical (unpaired) electrons. The molecule has 24 heavy (non-hydrogen) atoms. The Balaban J connectivity index is 1.87. The van der Waals surface area contributed by atoms with E-state index >= 15 is 0 Å². The molecule has 1 amide bonds. The highest BCUT2D eigenvalue weighted by Gasteiger charge is 2.29. The number of rotatable bonds is 7. The summed E-state index contributed by atoms with van der Waals surface area (Å²) in [6, 6.07) is 11.9. The predicted molar refractivity (Wildman–Crippen MR) is 97.4 cm³/mol. The Morgan fingerprint density at radius 2 is 2.08 bits per heavy atom. The van der Waals surface area contributed by atoms with Gasteiger partial charge >= 0.3 is 0 Å². The zero-order valence-corrected chi connectivity index (χ0v) is 15.4. The first-order valence-electron chi connectivity index (χ1n) is 7.43. The Bertz CT molecular complexity index is 726. The number of aromatic nitrogens is 2. The first kappa shape index (κ1) is 18.2. The molecule has 0 aliphatic heterocycles. The first-order chi connectivity index (χ1) is 11.4. The van der Waals surface area contributed by atoms with E-state index in [9.17, 15) is 10.1 Å². The third-order valence-electron chi connectivity index (χ3n) is 3.54. The van der Waals surface area contributed by atoms with Gasteiger partial charge in [-0.25, -0.2) is 0 Å². The van der Waals surface area contributed by atoms with Crippen LogP contribution >= 0.6 is 23.1 Å². The van der Waals surface area contributed by atoms with E-state index in [4.69, 9.17) is 0 Å². The van der Waals surface area contributed by atoms with Gasteiger partial charge in [0.2, 0.25) is 11.0 Å². The van der Waals surface area contributed by atoms with Crippen molar-refractivity contribution >= 4 is 39.8 Å². The van der Waals surface area contributed by atoms with Gasteiger partial charge in [-0.1, -0.05) is 55.1 Å². The normalized spacial score (nSPS) is 13.1. The highest BCUT2D eigenvalue weighted by Crippen LogP contribution is 2.27. The molecule has 2 aromatic rings. The van der Waals surface area contributed by atoms with Crippen LogP contribution in [0.3, 0.4) is 0 Å². The molecule has 0 fully saturated rings. The number of hydrogen-bond donors (Lipinski definition) is 2. The lowest BCUT2D eigenvalue weighted by molar-refractivity contribution is -0.120. The molecule has 0 saturated carbocycles. The molecule has 0 unspecified atom stereocenters. The van der Waals surface area contributed by atoms with Crippen LogP contribution in [0.15, 0.2) is 34.7 Å². The topological polar surface area (TPSA) is 90.7 Å². The van der Waals surface area contributed by atoms with Gasteiger partial charge in [-0.15, -0.1) is 10.2 Å². The molecule has 0 saturated heterocycles. The van der Waals surface area contributed by atoms with Gasteiger partial charge in [-0.3, -0.25) is 4.79 Å². The fraction of sp³-hybridized carbons (Fsp3) is 0.375. The van der Waals surface area contributed by atoms with Crippen LogP contribution in [0.2, 0.25) is 0 Å². The minimum atomic E-state index is -0.862. The van der Waals surface area contributed by atoms with Gasteiger partial charge in [-0.2, -0.15) is 5.26 Å². The number of benzene rings is 1. The first-order valence-corrected chi connectivity index (χ1v) is 9.24. The van der Waals surface area contributed by atoms with E-state index in [2.05, 4.69) is 26.9 Å². The standard InChI is InChI=1S/C16H19N5OS2/c1-11(2)16(3,10-17)19-13(22)9-23-15-21-20-14(24-15)18-12-7-5-4-6-8-12/h4-8,11H,9H2,1-3H3,(H,18,20)(H,19,22)/t16-/m0/s1. The molecule has 0 spiro atoms. The summed E-state index contributed by atoms with van der Waals surface area (Å²) >= 11 is 2.69. The van der Waals surface area contributed by atoms with Gasteiger partial charge in [0.15, 0.2) is 4.34 Å². The molecule has 1 atom stereocenters. The fourth-order valence-corrected chi connectivity index (χ4v) is 3.29. The summed E-state index contributed by atoms with van der Waals surface area (Å²) in [5.41, 5.74) is 0.0726. The van der Waals surface area contributed by atoms with E-state index < -0.39 is 5.54 Å². The Morgan fingerprint density at radius 3 is 2.71 bits per heavy atom. The number of hydrogen-bond acceptors (Lipinski definition) is 7. The van der Waals surface area contributed by atoms with Crippen molar-refractivity contribution in [2.24, 2.45) is 5.92 Å². The van der Waals surface area contributed by atoms with E-state index in [-0.39, 0.29) is 17.6 Å². The fourth-order valence-electron chi connectivity index (χ4n) is 1.72. The van der Waals surface area contributed by atoms with Crippen LogP contribution in [0, 0.1) is 17.2 Å². The highest BCUT2D eigenvalue weighted by atomic mass is 32.2. The average molecular weight is 361 g/mol. The average Bonchev–Trinajstić information content (AvgIpc) is 3.01. The number of nitrogens with one attached hydrogen (secondary N) is 2. The quantitative estimate of drug-likeness (QED) is 0.734. The molecule has 6 nitrogen and oxygen atoms in total. The number of amides is 1. The molecule has 2 rings (SSSR count). The lowest BCUT2D eigenvalue weighted by Gasteiger charge is -2.27. The SMILES string of the molecule is CC(C)[C@](C)(C#N)NC(=O)CSc1nnc(Nc2ccccc2)s1. The number of nitriles is 1. The van der Waals surface area contributed by atoms with Crippen LogP contribution in [-0.4, -0.2) is 27.4 Å². The van der Waals surface area contributed by atoms with E-state index in [1.807, 2.05) is 44.2 Å². The van der Waals surface area contributed by atoms with Crippen LogP contribution < -0.4 is 10.6 Å². The van der Waals surface area contributed by atoms with Crippen molar-refractivity contribution in [1.29, 1.82) is 5.26 Å². The molecule has 0 aliphatic carbocycles. The summed E-state index contributed by atoms with van der Waals surface area (Å²) in [5, 5.41) is 24.0. The molecule has 0 aliphatic rings. The molecule has 8 heteroatoms. The number of carbonyl (C=O) groups is 1. The molecule has 1 heterocycles. The molecule has 126 valence electrons. The van der Waals surface area contributed by atoms with Crippen LogP contribution in [0.25, 0.3) is 0 Å². The van der Waals surface area contributed by atoms with E-state index in [0.29, 0.717) is 9.47 Å². The third kappa shape index (κ3) is 4.94. The van der Waals surface area contributed by atoms with Gasteiger partial charge < -0.3 is 10.6 Å². The number of anilines is 2. The van der Waals surface area contributed by atoms with Crippen molar-refractivity contribution < 1.29 is 4.79 Å². The van der Waals surface area contributed by atoms with Gasteiger partial charge in [0.25, 0.3) is 0 Å². The maximum absolute atomic E-state index is 12.1. The number of para-hydroxylation sites is 1. The molecular formula is C16H19N5OS2. The zero-order chi connectivity index (χ0) is 17.6. The molecule has 0 bridgehead atoms. The summed E-state index contributed by atoms with van der Waals surface area (Å²) in [6.07, 6.45) is 0. The predicted octanol–water partition coefficient (Wildman–Crippen LogP) is 3.43. The van der Waals surface area contributed by atoms with E-state index in [1.54, 1.807) is 6.92 Å². The largest absolute Gasteiger partial charge is 0.337 e. The van der Waals surface area contributed by atoms with Crippen LogP contribution in [-0.2, 0) is 4.79 Å². The molecule has 2 N–H and O–H groups in total. The second-order valence-electron chi connectivity index (χ2n) is 5.67. The Kier molecular flexibility index (Phi) is 6.17. The number of nitrogens with zero attached hydrogens (tertiary/aromatic N) is 3. The number of carbonyl (C=O) groups excluding carboxylic acids is 1. The van der Waals surface area contributed by atoms with E-state index in [1.165, 1.54) is 23.1 Å². The maximum Gasteiger partial charge on any atom is 0.231 e. The summed E-state index contributed by atoms with van der Waals surface area (Å²) in [4.78, 5) is 12.1. The minimum absolute atomic E-state index is 0.0275. The summed E-state index contributed by atoms with van der Waals surface area (Å²) < 4.78 is 0.701. The van der Waals surface area contributed by atoms with Crippen molar-refractivity contribution in [2.75, 3.05) is 11.1 Å². The second kappa shape index (κ2) is 8.13. The molecule has 1 aromatic carbocycles. The van der Waals surface area contributed by atoms with Crippen LogP contribution in [0.5, 0.6) is 0 Å². The van der Waals surface area contributed by atoms with Crippen molar-refractivity contribution in [3.8, 4) is 6.07 Å². The Labute approximate surface area is 149 Å². The summed E-state index contributed by atoms with van der Waals surface area (Å²) in [5.74, 6) is 0.0365. The summed E-state index contributed by atoms with van der Waals surface area (Å²) in [7, 11) is 0. The Morgan fingerprint density at radius 1 is 1.38 bits per heavy atom. The van der Waals surface area contributed by atoms with Gasteiger partial charge in [0.1, 0.15) is 5.54 Å². The third-order valence-corrected chi connectivity index (χ3v) is 5.52. The van der Waals surface area contributed by atoms with Crippen molar-refractivity contribution in [2.45, 2.75) is 30.6 Å². The van der Waals surface area contributed by atoms with Crippen LogP contribution in [0.1, 0.15) is 20.8 Å². The monoisotopic (exact) mass is 361 g/mol. The van der Waals surface area contributed by atoms with Crippen molar-refractivity contribution in [3.63, 3.8) is 0 Å². The summed E-state index contributed by atoms with van der Waals surface area (Å²) in [6.45, 7) is 5.54.